The number of allylic oxidation sites excluding steroid dienone is 2. The molecule has 5 aromatic carbocycles. The molecule has 0 atom stereocenters. The van der Waals surface area contributed by atoms with Crippen LogP contribution in [0.25, 0.3) is 78.9 Å². The van der Waals surface area contributed by atoms with Crippen LogP contribution in [0.3, 0.4) is 0 Å². The number of hydrogen-bond acceptors (Lipinski definition) is 4. The highest BCUT2D eigenvalue weighted by Gasteiger charge is 2.19. The van der Waals surface area contributed by atoms with E-state index in [4.69, 9.17) is 20.7 Å². The maximum absolute atomic E-state index is 6.98. The van der Waals surface area contributed by atoms with E-state index >= 15 is 0 Å². The quantitative estimate of drug-likeness (QED) is 0.154. The molecule has 0 saturated heterocycles. The largest absolute Gasteiger partial charge is 0.398 e. The van der Waals surface area contributed by atoms with Crippen molar-refractivity contribution in [2.45, 2.75) is 0 Å². The molecule has 53 heavy (non-hydrogen) atoms. The van der Waals surface area contributed by atoms with Crippen molar-refractivity contribution in [3.8, 4) is 67.2 Å². The zero-order valence-corrected chi connectivity index (χ0v) is 29.0. The smallest absolute Gasteiger partial charge is 0.0709 e. The molecule has 0 aliphatic rings. The first-order chi connectivity index (χ1) is 26.2. The minimum Gasteiger partial charge on any atom is -0.398 e. The van der Waals surface area contributed by atoms with Crippen molar-refractivity contribution in [3.63, 3.8) is 0 Å². The van der Waals surface area contributed by atoms with Gasteiger partial charge in [-0.2, -0.15) is 0 Å². The summed E-state index contributed by atoms with van der Waals surface area (Å²) in [6.45, 7) is 0. The molecule has 252 valence electrons. The molecule has 0 saturated carbocycles. The Kier molecular flexibility index (Phi) is 9.58. The minimum atomic E-state index is 0.613. The molecule has 8 aromatic rings. The molecule has 2 N–H and O–H groups in total. The molecular weight excluding hydrogens is 645 g/mol. The molecule has 0 amide bonds. The van der Waals surface area contributed by atoms with Gasteiger partial charge in [0.05, 0.1) is 17.1 Å². The van der Waals surface area contributed by atoms with Crippen LogP contribution in [0.2, 0.25) is 0 Å². The average molecular weight is 681 g/mol. The highest BCUT2D eigenvalue weighted by molar-refractivity contribution is 5.91. The number of benzene rings is 5. The Hall–Kier alpha value is -7.17. The van der Waals surface area contributed by atoms with Crippen molar-refractivity contribution >= 4 is 11.8 Å². The van der Waals surface area contributed by atoms with Crippen LogP contribution in [0.1, 0.15) is 11.1 Å². The van der Waals surface area contributed by atoms with Gasteiger partial charge in [-0.3, -0.25) is 15.0 Å². The lowest BCUT2D eigenvalue weighted by molar-refractivity contribution is 1.28. The highest BCUT2D eigenvalue weighted by atomic mass is 14.7. The summed E-state index contributed by atoms with van der Waals surface area (Å²) < 4.78 is 0. The van der Waals surface area contributed by atoms with Crippen LogP contribution in [0.15, 0.2) is 201 Å². The van der Waals surface area contributed by atoms with Crippen molar-refractivity contribution in [3.05, 3.63) is 212 Å². The molecule has 0 fully saturated rings. The van der Waals surface area contributed by atoms with Gasteiger partial charge in [0.15, 0.2) is 0 Å². The van der Waals surface area contributed by atoms with Crippen molar-refractivity contribution < 1.29 is 0 Å². The van der Waals surface area contributed by atoms with E-state index in [-0.39, 0.29) is 0 Å². The Labute approximate surface area is 310 Å². The zero-order chi connectivity index (χ0) is 35.8. The summed E-state index contributed by atoms with van der Waals surface area (Å²) in [4.78, 5) is 15.0. The van der Waals surface area contributed by atoms with E-state index in [1.165, 1.54) is 0 Å². The molecule has 0 aliphatic heterocycles. The zero-order valence-electron chi connectivity index (χ0n) is 29.0. The number of pyridine rings is 3. The van der Waals surface area contributed by atoms with Gasteiger partial charge < -0.3 is 5.73 Å². The topological polar surface area (TPSA) is 64.7 Å². The standard InChI is InChI=1S/C49H36N4/c50-46(23-13-16-35-14-5-1-6-15-35)42-30-44(48-28-25-40(33-52-48)37-19-9-3-10-20-37)45(49-29-26-41(34-53-49)38-21-11-4-12-22-38)31-43(42)47-27-24-39(32-51-47)36-17-7-2-8-18-36/h1-34H,50H2/b16-13+,46-23-. The number of nitrogens with two attached hydrogens (primary N) is 1. The SMILES string of the molecule is N/C(=C\C=C\c1ccccc1)c1cc(-c2ccc(-c3ccccc3)cn2)c(-c2ccc(-c3ccccc3)cn2)cc1-c1ccc(-c2ccccc2)cn1. The third kappa shape index (κ3) is 7.48. The van der Waals surface area contributed by atoms with Crippen LogP contribution >= 0.6 is 0 Å². The lowest BCUT2D eigenvalue weighted by Crippen LogP contribution is -2.02. The molecule has 8 rings (SSSR count). The van der Waals surface area contributed by atoms with Gasteiger partial charge in [-0.1, -0.05) is 152 Å². The van der Waals surface area contributed by atoms with Crippen LogP contribution in [-0.2, 0) is 0 Å². The summed E-state index contributed by atoms with van der Waals surface area (Å²) in [6, 6.07) is 57.9. The summed E-state index contributed by atoms with van der Waals surface area (Å²) in [5.41, 5.74) is 21.3. The van der Waals surface area contributed by atoms with Crippen LogP contribution in [0, 0.1) is 0 Å². The molecular formula is C49H36N4. The third-order valence-electron chi connectivity index (χ3n) is 9.27. The van der Waals surface area contributed by atoms with E-state index in [9.17, 15) is 0 Å². The predicted molar refractivity (Wildman–Crippen MR) is 220 cm³/mol. The minimum absolute atomic E-state index is 0.613. The van der Waals surface area contributed by atoms with Crippen LogP contribution in [0.5, 0.6) is 0 Å². The molecule has 0 spiro atoms. The van der Waals surface area contributed by atoms with E-state index < -0.39 is 0 Å². The van der Waals surface area contributed by atoms with Crippen LogP contribution in [0.4, 0.5) is 0 Å². The third-order valence-corrected chi connectivity index (χ3v) is 9.27. The molecule has 3 aromatic heterocycles. The van der Waals surface area contributed by atoms with Gasteiger partial charge in [0.2, 0.25) is 0 Å². The first-order valence-electron chi connectivity index (χ1n) is 17.6. The van der Waals surface area contributed by atoms with E-state index in [1.807, 2.05) is 104 Å². The second-order valence-electron chi connectivity index (χ2n) is 12.7. The van der Waals surface area contributed by atoms with E-state index in [2.05, 4.69) is 103 Å². The van der Waals surface area contributed by atoms with Gasteiger partial charge in [-0.05, 0) is 58.7 Å². The van der Waals surface area contributed by atoms with Crippen molar-refractivity contribution in [2.24, 2.45) is 5.73 Å². The Bertz CT molecular complexity index is 2490. The van der Waals surface area contributed by atoms with Crippen LogP contribution in [-0.4, -0.2) is 15.0 Å². The normalized spacial score (nSPS) is 11.5. The molecule has 0 radical (unpaired) electrons. The van der Waals surface area contributed by atoms with Crippen molar-refractivity contribution in [2.75, 3.05) is 0 Å². The molecule has 3 heterocycles. The molecule has 0 bridgehead atoms. The molecule has 0 unspecified atom stereocenters. The fourth-order valence-electron chi connectivity index (χ4n) is 6.45. The summed E-state index contributed by atoms with van der Waals surface area (Å²) in [5.74, 6) is 0. The van der Waals surface area contributed by atoms with Gasteiger partial charge in [-0.15, -0.1) is 0 Å². The maximum Gasteiger partial charge on any atom is 0.0709 e. The predicted octanol–water partition coefficient (Wildman–Crippen LogP) is 11.9. The van der Waals surface area contributed by atoms with E-state index in [1.54, 1.807) is 0 Å². The lowest BCUT2D eigenvalue weighted by atomic mass is 9.90. The van der Waals surface area contributed by atoms with Crippen LogP contribution < -0.4 is 5.73 Å². The van der Waals surface area contributed by atoms with Gasteiger partial charge in [0.1, 0.15) is 0 Å². The first-order valence-corrected chi connectivity index (χ1v) is 17.6. The number of rotatable bonds is 9. The van der Waals surface area contributed by atoms with Crippen molar-refractivity contribution in [1.82, 2.24) is 15.0 Å². The van der Waals surface area contributed by atoms with Gasteiger partial charge >= 0.3 is 0 Å². The second-order valence-corrected chi connectivity index (χ2v) is 12.7. The Morgan fingerprint density at radius 1 is 0.396 bits per heavy atom. The van der Waals surface area contributed by atoms with E-state index in [0.717, 1.165) is 78.3 Å². The Balaban J connectivity index is 1.29. The number of nitrogens with zero attached hydrogens (tertiary/aromatic N) is 3. The number of aromatic nitrogens is 3. The monoisotopic (exact) mass is 680 g/mol. The number of hydrogen-bond donors (Lipinski definition) is 1. The summed E-state index contributed by atoms with van der Waals surface area (Å²) in [6.07, 6.45) is 11.8. The summed E-state index contributed by atoms with van der Waals surface area (Å²) in [7, 11) is 0. The highest BCUT2D eigenvalue weighted by Crippen LogP contribution is 2.39. The summed E-state index contributed by atoms with van der Waals surface area (Å²) >= 11 is 0. The van der Waals surface area contributed by atoms with E-state index in [0.29, 0.717) is 5.70 Å². The fourth-order valence-corrected chi connectivity index (χ4v) is 6.45. The second kappa shape index (κ2) is 15.4. The Morgan fingerprint density at radius 2 is 0.792 bits per heavy atom. The first kappa shape index (κ1) is 33.0. The molecule has 4 heteroatoms. The summed E-state index contributed by atoms with van der Waals surface area (Å²) in [5, 5.41) is 0. The average Bonchev–Trinajstić information content (AvgIpc) is 3.25. The molecule has 0 aliphatic carbocycles. The van der Waals surface area contributed by atoms with Gasteiger partial charge in [-0.25, -0.2) is 0 Å². The van der Waals surface area contributed by atoms with Gasteiger partial charge in [0, 0.05) is 63.2 Å². The van der Waals surface area contributed by atoms with Gasteiger partial charge in [0.25, 0.3) is 0 Å². The molecule has 4 nitrogen and oxygen atoms in total. The Morgan fingerprint density at radius 3 is 1.21 bits per heavy atom. The fraction of sp³-hybridized carbons (Fsp3) is 0. The lowest BCUT2D eigenvalue weighted by Gasteiger charge is -2.17. The maximum atomic E-state index is 6.98. The van der Waals surface area contributed by atoms with Crippen molar-refractivity contribution in [1.29, 1.82) is 0 Å².